The molecule has 0 saturated carbocycles. The third-order valence-corrected chi connectivity index (χ3v) is 8.61. The van der Waals surface area contributed by atoms with Gasteiger partial charge in [-0.3, -0.25) is 4.79 Å². The summed E-state index contributed by atoms with van der Waals surface area (Å²) in [5.41, 5.74) is 1.72. The van der Waals surface area contributed by atoms with E-state index in [1.165, 1.54) is 17.5 Å². The van der Waals surface area contributed by atoms with Crippen LogP contribution in [-0.2, 0) is 32.5 Å². The summed E-state index contributed by atoms with van der Waals surface area (Å²) < 4.78 is 35.9. The van der Waals surface area contributed by atoms with E-state index in [2.05, 4.69) is 26.2 Å². The molecule has 3 rings (SSSR count). The Bertz CT molecular complexity index is 1200. The molecule has 0 amide bonds. The molecule has 0 unspecified atom stereocenters. The highest BCUT2D eigenvalue weighted by Crippen LogP contribution is 2.29. The van der Waals surface area contributed by atoms with Crippen LogP contribution < -0.4 is 0 Å². The third-order valence-electron chi connectivity index (χ3n) is 5.72. The molecule has 0 saturated heterocycles. The van der Waals surface area contributed by atoms with Gasteiger partial charge in [0.2, 0.25) is 10.0 Å². The number of benzene rings is 2. The Morgan fingerprint density at radius 3 is 2.47 bits per heavy atom. The lowest BCUT2D eigenvalue weighted by Crippen LogP contribution is -2.50. The molecule has 10 heteroatoms. The van der Waals surface area contributed by atoms with Gasteiger partial charge in [-0.1, -0.05) is 67.9 Å². The molecule has 0 aliphatic heterocycles. The lowest BCUT2D eigenvalue weighted by atomic mass is 9.99. The normalized spacial score (nSPS) is 13.6. The molecule has 0 aliphatic rings. The van der Waals surface area contributed by atoms with E-state index in [1.807, 2.05) is 44.2 Å². The Labute approximate surface area is 209 Å². The van der Waals surface area contributed by atoms with E-state index < -0.39 is 22.0 Å². The van der Waals surface area contributed by atoms with Crippen LogP contribution in [0.1, 0.15) is 31.5 Å². The van der Waals surface area contributed by atoms with Gasteiger partial charge < -0.3 is 4.74 Å². The SMILES string of the molecule is CC[C@H](C)[C@@H](C(=O)OC)N(CCc1cn(Cc2ccccc2)nn1)S(=O)(=O)c1ccccc1Br. The zero-order chi connectivity index (χ0) is 24.7. The highest BCUT2D eigenvalue weighted by Gasteiger charge is 2.40. The van der Waals surface area contributed by atoms with E-state index >= 15 is 0 Å². The Morgan fingerprint density at radius 1 is 1.15 bits per heavy atom. The molecule has 182 valence electrons. The van der Waals surface area contributed by atoms with Gasteiger partial charge >= 0.3 is 5.97 Å². The van der Waals surface area contributed by atoms with Crippen LogP contribution in [0.4, 0.5) is 0 Å². The van der Waals surface area contributed by atoms with Gasteiger partial charge in [-0.2, -0.15) is 4.31 Å². The number of methoxy groups -OCH3 is 1. The van der Waals surface area contributed by atoms with Crippen molar-refractivity contribution < 1.29 is 17.9 Å². The van der Waals surface area contributed by atoms with Crippen LogP contribution in [-0.4, -0.2) is 53.4 Å². The average Bonchev–Trinajstić information content (AvgIpc) is 3.28. The first-order valence-electron chi connectivity index (χ1n) is 11.0. The van der Waals surface area contributed by atoms with Gasteiger partial charge in [0.15, 0.2) is 0 Å². The predicted octanol–water partition coefficient (Wildman–Crippen LogP) is 3.91. The molecule has 3 aromatic rings. The predicted molar refractivity (Wildman–Crippen MR) is 133 cm³/mol. The van der Waals surface area contributed by atoms with Crippen molar-refractivity contribution in [3.63, 3.8) is 0 Å². The molecule has 2 aromatic carbocycles. The van der Waals surface area contributed by atoms with Crippen molar-refractivity contribution in [1.82, 2.24) is 19.3 Å². The van der Waals surface area contributed by atoms with Gasteiger partial charge in [0, 0.05) is 23.6 Å². The quantitative estimate of drug-likeness (QED) is 0.337. The van der Waals surface area contributed by atoms with Crippen LogP contribution in [0, 0.1) is 5.92 Å². The molecule has 0 radical (unpaired) electrons. The number of ether oxygens (including phenoxy) is 1. The van der Waals surface area contributed by atoms with Crippen molar-refractivity contribution in [2.24, 2.45) is 5.92 Å². The number of hydrogen-bond donors (Lipinski definition) is 0. The number of hydrogen-bond acceptors (Lipinski definition) is 6. The number of carbonyl (C=O) groups is 1. The van der Waals surface area contributed by atoms with E-state index in [4.69, 9.17) is 4.74 Å². The molecule has 34 heavy (non-hydrogen) atoms. The van der Waals surface area contributed by atoms with Gasteiger partial charge in [0.1, 0.15) is 6.04 Å². The molecular weight excluding hydrogens is 520 g/mol. The van der Waals surface area contributed by atoms with Crippen molar-refractivity contribution in [2.75, 3.05) is 13.7 Å². The van der Waals surface area contributed by atoms with Gasteiger partial charge in [-0.25, -0.2) is 13.1 Å². The van der Waals surface area contributed by atoms with Gasteiger partial charge in [-0.15, -0.1) is 5.10 Å². The molecule has 1 heterocycles. The highest BCUT2D eigenvalue weighted by atomic mass is 79.9. The van der Waals surface area contributed by atoms with Crippen molar-refractivity contribution >= 4 is 31.9 Å². The van der Waals surface area contributed by atoms with E-state index in [1.54, 1.807) is 29.1 Å². The fraction of sp³-hybridized carbons (Fsp3) is 0.375. The summed E-state index contributed by atoms with van der Waals surface area (Å²) in [4.78, 5) is 12.9. The van der Waals surface area contributed by atoms with Crippen molar-refractivity contribution in [3.8, 4) is 0 Å². The summed E-state index contributed by atoms with van der Waals surface area (Å²) >= 11 is 3.34. The molecule has 1 aromatic heterocycles. The molecule has 0 N–H and O–H groups in total. The van der Waals surface area contributed by atoms with Crippen LogP contribution in [0.5, 0.6) is 0 Å². The first kappa shape index (κ1) is 26.1. The topological polar surface area (TPSA) is 94.4 Å². The van der Waals surface area contributed by atoms with E-state index in [0.29, 0.717) is 29.6 Å². The third kappa shape index (κ3) is 6.11. The minimum atomic E-state index is -4.02. The maximum atomic E-state index is 13.7. The van der Waals surface area contributed by atoms with Crippen molar-refractivity contribution in [1.29, 1.82) is 0 Å². The Morgan fingerprint density at radius 2 is 1.82 bits per heavy atom. The number of sulfonamides is 1. The summed E-state index contributed by atoms with van der Waals surface area (Å²) in [7, 11) is -2.75. The summed E-state index contributed by atoms with van der Waals surface area (Å²) in [5, 5.41) is 8.38. The first-order chi connectivity index (χ1) is 16.3. The second kappa shape index (κ2) is 11.7. The Hall–Kier alpha value is -2.56. The largest absolute Gasteiger partial charge is 0.468 e. The zero-order valence-electron chi connectivity index (χ0n) is 19.5. The first-order valence-corrected chi connectivity index (χ1v) is 13.3. The fourth-order valence-electron chi connectivity index (χ4n) is 3.69. The lowest BCUT2D eigenvalue weighted by Gasteiger charge is -2.32. The molecule has 0 bridgehead atoms. The van der Waals surface area contributed by atoms with Crippen LogP contribution in [0.15, 0.2) is 70.2 Å². The van der Waals surface area contributed by atoms with E-state index in [9.17, 15) is 13.2 Å². The number of carbonyl (C=O) groups excluding carboxylic acids is 1. The number of halogens is 1. The monoisotopic (exact) mass is 548 g/mol. The number of nitrogens with zero attached hydrogens (tertiary/aromatic N) is 4. The second-order valence-electron chi connectivity index (χ2n) is 8.04. The van der Waals surface area contributed by atoms with Crippen LogP contribution >= 0.6 is 15.9 Å². The van der Waals surface area contributed by atoms with Crippen molar-refractivity contribution in [3.05, 3.63) is 76.5 Å². The average molecular weight is 549 g/mol. The summed E-state index contributed by atoms with van der Waals surface area (Å²) in [6, 6.07) is 15.5. The molecule has 0 fully saturated rings. The fourth-order valence-corrected chi connectivity index (χ4v) is 6.33. The summed E-state index contributed by atoms with van der Waals surface area (Å²) in [6.45, 7) is 4.38. The number of rotatable bonds is 11. The van der Waals surface area contributed by atoms with E-state index in [-0.39, 0.29) is 17.4 Å². The number of aromatic nitrogens is 3. The second-order valence-corrected chi connectivity index (χ2v) is 10.8. The van der Waals surface area contributed by atoms with Crippen molar-refractivity contribution in [2.45, 2.75) is 44.2 Å². The van der Waals surface area contributed by atoms with E-state index in [0.717, 1.165) is 5.56 Å². The molecule has 2 atom stereocenters. The maximum absolute atomic E-state index is 13.7. The molecule has 0 aliphatic carbocycles. The zero-order valence-corrected chi connectivity index (χ0v) is 21.9. The standard InChI is InChI=1S/C24H29BrN4O4S/c1-4-18(2)23(24(30)33-3)29(34(31,32)22-13-9-8-12-21(22)25)15-14-20-17-28(27-26-20)16-19-10-6-5-7-11-19/h5-13,17-18,23H,4,14-16H2,1-3H3/t18-,23-/m0/s1. The van der Waals surface area contributed by atoms with Crippen LogP contribution in [0.2, 0.25) is 0 Å². The molecular formula is C24H29BrN4O4S. The summed E-state index contributed by atoms with van der Waals surface area (Å²) in [6.07, 6.45) is 2.70. The van der Waals surface area contributed by atoms with Gasteiger partial charge in [0.05, 0.1) is 24.2 Å². The Balaban J connectivity index is 1.90. The van der Waals surface area contributed by atoms with Gasteiger partial charge in [0.25, 0.3) is 0 Å². The van der Waals surface area contributed by atoms with Gasteiger partial charge in [-0.05, 0) is 39.5 Å². The lowest BCUT2D eigenvalue weighted by molar-refractivity contribution is -0.147. The molecule has 8 nitrogen and oxygen atoms in total. The number of esters is 1. The summed E-state index contributed by atoms with van der Waals surface area (Å²) in [5.74, 6) is -0.837. The molecule has 0 spiro atoms. The van der Waals surface area contributed by atoms with Crippen LogP contribution in [0.3, 0.4) is 0 Å². The highest BCUT2D eigenvalue weighted by molar-refractivity contribution is 9.10. The van der Waals surface area contributed by atoms with Crippen LogP contribution in [0.25, 0.3) is 0 Å². The smallest absolute Gasteiger partial charge is 0.324 e. The minimum absolute atomic E-state index is 0.0534. The minimum Gasteiger partial charge on any atom is -0.468 e. The maximum Gasteiger partial charge on any atom is 0.324 e. The Kier molecular flexibility index (Phi) is 8.98.